The summed E-state index contributed by atoms with van der Waals surface area (Å²) in [5.74, 6) is 0.102. The number of aromatic hydroxyl groups is 1. The first kappa shape index (κ1) is 9.36. The molecule has 0 aromatic heterocycles. The van der Waals surface area contributed by atoms with E-state index in [2.05, 4.69) is 0 Å². The standard InChI is InChI=1S/C9H11N3O/c10-4-3-8(11)7-2-1-6(13)5-9(7)12/h1-2,5,8,13H,3,11-12H2/t8-/m1/s1. The van der Waals surface area contributed by atoms with E-state index < -0.39 is 0 Å². The fourth-order valence-electron chi connectivity index (χ4n) is 1.11. The minimum Gasteiger partial charge on any atom is -0.508 e. The predicted molar refractivity (Wildman–Crippen MR) is 49.7 cm³/mol. The van der Waals surface area contributed by atoms with E-state index in [0.717, 1.165) is 0 Å². The first-order chi connectivity index (χ1) is 6.15. The van der Waals surface area contributed by atoms with E-state index in [1.165, 1.54) is 12.1 Å². The van der Waals surface area contributed by atoms with E-state index in [-0.39, 0.29) is 18.2 Å². The van der Waals surface area contributed by atoms with Crippen LogP contribution in [-0.4, -0.2) is 5.11 Å². The van der Waals surface area contributed by atoms with Crippen molar-refractivity contribution in [3.05, 3.63) is 23.8 Å². The van der Waals surface area contributed by atoms with Gasteiger partial charge in [-0.25, -0.2) is 0 Å². The van der Waals surface area contributed by atoms with Crippen LogP contribution in [0.4, 0.5) is 5.69 Å². The van der Waals surface area contributed by atoms with Gasteiger partial charge in [-0.1, -0.05) is 6.07 Å². The van der Waals surface area contributed by atoms with Crippen molar-refractivity contribution < 1.29 is 5.11 Å². The number of hydrogen-bond donors (Lipinski definition) is 3. The highest BCUT2D eigenvalue weighted by atomic mass is 16.3. The summed E-state index contributed by atoms with van der Waals surface area (Å²) in [5.41, 5.74) is 12.4. The molecule has 0 unspecified atom stereocenters. The molecule has 0 amide bonds. The van der Waals surface area contributed by atoms with Crippen LogP contribution in [0.5, 0.6) is 5.75 Å². The Balaban J connectivity index is 2.96. The average Bonchev–Trinajstić information content (AvgIpc) is 2.04. The molecule has 1 aromatic carbocycles. The van der Waals surface area contributed by atoms with Crippen LogP contribution in [0, 0.1) is 11.3 Å². The lowest BCUT2D eigenvalue weighted by atomic mass is 10.0. The van der Waals surface area contributed by atoms with E-state index in [0.29, 0.717) is 11.3 Å². The summed E-state index contributed by atoms with van der Waals surface area (Å²) in [6.45, 7) is 0. The molecular weight excluding hydrogens is 166 g/mol. The average molecular weight is 177 g/mol. The van der Waals surface area contributed by atoms with Crippen molar-refractivity contribution in [2.75, 3.05) is 5.73 Å². The maximum Gasteiger partial charge on any atom is 0.117 e. The molecule has 0 aliphatic heterocycles. The Labute approximate surface area is 76.4 Å². The molecule has 0 heterocycles. The molecule has 68 valence electrons. The van der Waals surface area contributed by atoms with Crippen molar-refractivity contribution >= 4 is 5.69 Å². The smallest absolute Gasteiger partial charge is 0.117 e. The van der Waals surface area contributed by atoms with Gasteiger partial charge in [-0.15, -0.1) is 0 Å². The van der Waals surface area contributed by atoms with Crippen LogP contribution in [0.25, 0.3) is 0 Å². The van der Waals surface area contributed by atoms with Crippen LogP contribution in [-0.2, 0) is 0 Å². The van der Waals surface area contributed by atoms with E-state index in [1.807, 2.05) is 6.07 Å². The van der Waals surface area contributed by atoms with Gasteiger partial charge in [0.15, 0.2) is 0 Å². The Bertz CT molecular complexity index is 343. The summed E-state index contributed by atoms with van der Waals surface area (Å²) < 4.78 is 0. The highest BCUT2D eigenvalue weighted by Gasteiger charge is 2.08. The highest BCUT2D eigenvalue weighted by molar-refractivity contribution is 5.52. The van der Waals surface area contributed by atoms with Gasteiger partial charge in [-0.2, -0.15) is 5.26 Å². The molecule has 1 rings (SSSR count). The van der Waals surface area contributed by atoms with Crippen molar-refractivity contribution in [1.29, 1.82) is 5.26 Å². The number of phenols is 1. The summed E-state index contributed by atoms with van der Waals surface area (Å²) in [7, 11) is 0. The topological polar surface area (TPSA) is 96.1 Å². The number of nitriles is 1. The second kappa shape index (κ2) is 3.78. The zero-order chi connectivity index (χ0) is 9.84. The first-order valence-electron chi connectivity index (χ1n) is 3.86. The minimum absolute atomic E-state index is 0.102. The molecule has 0 saturated carbocycles. The summed E-state index contributed by atoms with van der Waals surface area (Å²) in [5, 5.41) is 17.5. The van der Waals surface area contributed by atoms with Crippen LogP contribution in [0.2, 0.25) is 0 Å². The monoisotopic (exact) mass is 177 g/mol. The van der Waals surface area contributed by atoms with Crippen molar-refractivity contribution in [2.45, 2.75) is 12.5 Å². The maximum atomic E-state index is 9.06. The second-order valence-corrected chi connectivity index (χ2v) is 2.78. The molecule has 0 saturated heterocycles. The molecule has 4 nitrogen and oxygen atoms in total. The van der Waals surface area contributed by atoms with Crippen LogP contribution < -0.4 is 11.5 Å². The lowest BCUT2D eigenvalue weighted by molar-refractivity contribution is 0.475. The van der Waals surface area contributed by atoms with Crippen LogP contribution >= 0.6 is 0 Å². The van der Waals surface area contributed by atoms with Gasteiger partial charge in [0.1, 0.15) is 5.75 Å². The van der Waals surface area contributed by atoms with Gasteiger partial charge >= 0.3 is 0 Å². The third kappa shape index (κ3) is 2.10. The molecule has 0 bridgehead atoms. The highest BCUT2D eigenvalue weighted by Crippen LogP contribution is 2.24. The fourth-order valence-corrected chi connectivity index (χ4v) is 1.11. The molecule has 5 N–H and O–H groups in total. The molecule has 0 spiro atoms. The summed E-state index contributed by atoms with van der Waals surface area (Å²) >= 11 is 0. The molecule has 0 radical (unpaired) electrons. The Morgan fingerprint density at radius 3 is 2.77 bits per heavy atom. The van der Waals surface area contributed by atoms with Gasteiger partial charge in [0.05, 0.1) is 12.5 Å². The third-order valence-electron chi connectivity index (χ3n) is 1.78. The largest absolute Gasteiger partial charge is 0.508 e. The normalized spacial score (nSPS) is 12.0. The number of hydrogen-bond acceptors (Lipinski definition) is 4. The molecular formula is C9H11N3O. The molecule has 13 heavy (non-hydrogen) atoms. The SMILES string of the molecule is N#CC[C@@H](N)c1ccc(O)cc1N. The summed E-state index contributed by atoms with van der Waals surface area (Å²) in [4.78, 5) is 0. The number of nitrogens with two attached hydrogens (primary N) is 2. The zero-order valence-corrected chi connectivity index (χ0v) is 7.07. The van der Waals surface area contributed by atoms with E-state index >= 15 is 0 Å². The second-order valence-electron chi connectivity index (χ2n) is 2.78. The molecule has 0 aliphatic carbocycles. The van der Waals surface area contributed by atoms with E-state index in [1.54, 1.807) is 6.07 Å². The van der Waals surface area contributed by atoms with Gasteiger partial charge in [0.2, 0.25) is 0 Å². The number of rotatable bonds is 2. The number of anilines is 1. The number of phenolic OH excluding ortho intramolecular Hbond substituents is 1. The van der Waals surface area contributed by atoms with Gasteiger partial charge in [-0.3, -0.25) is 0 Å². The van der Waals surface area contributed by atoms with Gasteiger partial charge < -0.3 is 16.6 Å². The Hall–Kier alpha value is -1.73. The summed E-state index contributed by atoms with van der Waals surface area (Å²) in [6, 6.07) is 6.14. The lowest BCUT2D eigenvalue weighted by Gasteiger charge is -2.10. The van der Waals surface area contributed by atoms with Crippen molar-refractivity contribution in [3.8, 4) is 11.8 Å². The Morgan fingerprint density at radius 2 is 2.23 bits per heavy atom. The molecule has 0 fully saturated rings. The van der Waals surface area contributed by atoms with Crippen molar-refractivity contribution in [3.63, 3.8) is 0 Å². The van der Waals surface area contributed by atoms with Crippen molar-refractivity contribution in [1.82, 2.24) is 0 Å². The lowest BCUT2D eigenvalue weighted by Crippen LogP contribution is -2.11. The van der Waals surface area contributed by atoms with E-state index in [9.17, 15) is 0 Å². The third-order valence-corrected chi connectivity index (χ3v) is 1.78. The number of benzene rings is 1. The van der Waals surface area contributed by atoms with Crippen LogP contribution in [0.1, 0.15) is 18.0 Å². The minimum atomic E-state index is -0.384. The Kier molecular flexibility index (Phi) is 2.72. The summed E-state index contributed by atoms with van der Waals surface area (Å²) in [6.07, 6.45) is 0.217. The first-order valence-corrected chi connectivity index (χ1v) is 3.86. The molecule has 4 heteroatoms. The van der Waals surface area contributed by atoms with E-state index in [4.69, 9.17) is 21.8 Å². The maximum absolute atomic E-state index is 9.06. The van der Waals surface area contributed by atoms with Gasteiger partial charge in [-0.05, 0) is 11.6 Å². The van der Waals surface area contributed by atoms with Gasteiger partial charge in [0, 0.05) is 17.8 Å². The molecule has 0 aliphatic rings. The quantitative estimate of drug-likeness (QED) is 0.584. The van der Waals surface area contributed by atoms with Gasteiger partial charge in [0.25, 0.3) is 0 Å². The van der Waals surface area contributed by atoms with Crippen LogP contribution in [0.3, 0.4) is 0 Å². The fraction of sp³-hybridized carbons (Fsp3) is 0.222. The Morgan fingerprint density at radius 1 is 1.54 bits per heavy atom. The molecule has 1 aromatic rings. The predicted octanol–water partition coefficient (Wildman–Crippen LogP) is 0.888. The molecule has 1 atom stereocenters. The van der Waals surface area contributed by atoms with Crippen LogP contribution in [0.15, 0.2) is 18.2 Å². The number of nitrogens with zero attached hydrogens (tertiary/aromatic N) is 1. The number of nitrogen functional groups attached to an aromatic ring is 1. The van der Waals surface area contributed by atoms with Crippen molar-refractivity contribution in [2.24, 2.45) is 5.73 Å². The zero-order valence-electron chi connectivity index (χ0n) is 7.07.